The lowest BCUT2D eigenvalue weighted by Crippen LogP contribution is -2.51. The second-order valence-electron chi connectivity index (χ2n) is 7.81. The van der Waals surface area contributed by atoms with E-state index in [1.54, 1.807) is 29.0 Å². The van der Waals surface area contributed by atoms with Crippen molar-refractivity contribution in [3.63, 3.8) is 0 Å². The van der Waals surface area contributed by atoms with Crippen molar-refractivity contribution >= 4 is 11.8 Å². The predicted octanol–water partition coefficient (Wildman–Crippen LogP) is 2.73. The van der Waals surface area contributed by atoms with Crippen LogP contribution in [0, 0.1) is 5.82 Å². The first-order valence-corrected chi connectivity index (χ1v) is 10.8. The topological polar surface area (TPSA) is 88.8 Å². The molecule has 1 fully saturated rings. The molecule has 2 heterocycles. The van der Waals surface area contributed by atoms with Crippen LogP contribution in [0.1, 0.15) is 17.9 Å². The first-order chi connectivity index (χ1) is 16.0. The third-order valence-electron chi connectivity index (χ3n) is 5.62. The van der Waals surface area contributed by atoms with E-state index in [2.05, 4.69) is 10.1 Å². The smallest absolute Gasteiger partial charge is 0.227 e. The molecule has 0 atom stereocenters. The Balaban J connectivity index is 1.23. The molecule has 2 aromatic carbocycles. The predicted molar refractivity (Wildman–Crippen MR) is 118 cm³/mol. The van der Waals surface area contributed by atoms with E-state index in [1.807, 2.05) is 24.3 Å². The number of halogens is 1. The molecule has 3 aromatic rings. The number of piperazine rings is 1. The van der Waals surface area contributed by atoms with Crippen LogP contribution in [0.25, 0.3) is 11.4 Å². The summed E-state index contributed by atoms with van der Waals surface area (Å²) in [6, 6.07) is 13.3. The minimum absolute atomic E-state index is 0.00942. The fraction of sp³-hybridized carbons (Fsp3) is 0.333. The third-order valence-corrected chi connectivity index (χ3v) is 5.62. The van der Waals surface area contributed by atoms with Gasteiger partial charge in [0.1, 0.15) is 11.6 Å². The first-order valence-electron chi connectivity index (χ1n) is 10.8. The van der Waals surface area contributed by atoms with Crippen LogP contribution in [0.2, 0.25) is 0 Å². The van der Waals surface area contributed by atoms with Crippen molar-refractivity contribution in [1.29, 1.82) is 0 Å². The maximum absolute atomic E-state index is 13.0. The van der Waals surface area contributed by atoms with Gasteiger partial charge in [-0.05, 0) is 42.0 Å². The molecule has 33 heavy (non-hydrogen) atoms. The van der Waals surface area contributed by atoms with E-state index in [-0.39, 0.29) is 30.5 Å². The Morgan fingerprint density at radius 2 is 1.61 bits per heavy atom. The Morgan fingerprint density at radius 3 is 2.24 bits per heavy atom. The Morgan fingerprint density at radius 1 is 0.970 bits per heavy atom. The van der Waals surface area contributed by atoms with Crippen molar-refractivity contribution in [1.82, 2.24) is 19.9 Å². The number of carbonyl (C=O) groups excluding carboxylic acids is 2. The van der Waals surface area contributed by atoms with Crippen LogP contribution >= 0.6 is 0 Å². The number of hydrogen-bond acceptors (Lipinski definition) is 6. The molecule has 0 aliphatic carbocycles. The van der Waals surface area contributed by atoms with E-state index in [4.69, 9.17) is 9.26 Å². The number of aromatic nitrogens is 2. The summed E-state index contributed by atoms with van der Waals surface area (Å²) in [6.45, 7) is 1.92. The largest absolute Gasteiger partial charge is 0.497 e. The molecular formula is C24H25FN4O4. The van der Waals surface area contributed by atoms with Crippen LogP contribution in [-0.4, -0.2) is 65.0 Å². The lowest BCUT2D eigenvalue weighted by atomic mass is 10.1. The van der Waals surface area contributed by atoms with Crippen molar-refractivity contribution in [2.45, 2.75) is 19.3 Å². The van der Waals surface area contributed by atoms with E-state index in [1.165, 1.54) is 12.1 Å². The number of hydrogen-bond donors (Lipinski definition) is 0. The monoisotopic (exact) mass is 452 g/mol. The summed E-state index contributed by atoms with van der Waals surface area (Å²) in [5.41, 5.74) is 1.58. The number of ether oxygens (including phenoxy) is 1. The summed E-state index contributed by atoms with van der Waals surface area (Å²) in [4.78, 5) is 33.0. The minimum Gasteiger partial charge on any atom is -0.497 e. The molecule has 0 radical (unpaired) electrons. The van der Waals surface area contributed by atoms with Gasteiger partial charge in [0.2, 0.25) is 23.5 Å². The number of methoxy groups -OCH3 is 1. The van der Waals surface area contributed by atoms with Gasteiger partial charge in [0.05, 0.1) is 13.5 Å². The molecule has 0 unspecified atom stereocenters. The summed E-state index contributed by atoms with van der Waals surface area (Å²) in [5.74, 6) is 1.26. The average molecular weight is 452 g/mol. The number of nitrogens with zero attached hydrogens (tertiary/aromatic N) is 4. The second kappa shape index (κ2) is 10.2. The Kier molecular flexibility index (Phi) is 6.97. The van der Waals surface area contributed by atoms with E-state index < -0.39 is 0 Å². The van der Waals surface area contributed by atoms with Crippen LogP contribution in [0.15, 0.2) is 53.1 Å². The lowest BCUT2D eigenvalue weighted by Gasteiger charge is -2.35. The number of benzene rings is 2. The molecule has 8 nitrogen and oxygen atoms in total. The van der Waals surface area contributed by atoms with Crippen LogP contribution in [0.3, 0.4) is 0 Å². The molecule has 0 bridgehead atoms. The minimum atomic E-state index is -0.323. The number of aryl methyl sites for hydroxylation is 1. The highest BCUT2D eigenvalue weighted by molar-refractivity contribution is 5.80. The van der Waals surface area contributed by atoms with Gasteiger partial charge >= 0.3 is 0 Å². The Bertz CT molecular complexity index is 1090. The SMILES string of the molecule is COc1ccc(-c2noc(CCC(=O)N3CCN(C(=O)Cc4ccc(F)cc4)CC3)n2)cc1. The molecule has 1 saturated heterocycles. The molecule has 0 saturated carbocycles. The molecule has 1 aromatic heterocycles. The van der Waals surface area contributed by atoms with Gasteiger partial charge in [-0.25, -0.2) is 4.39 Å². The van der Waals surface area contributed by atoms with Crippen molar-refractivity contribution in [2.24, 2.45) is 0 Å². The summed E-state index contributed by atoms with van der Waals surface area (Å²) in [6.07, 6.45) is 0.835. The van der Waals surface area contributed by atoms with Crippen LogP contribution in [0.4, 0.5) is 4.39 Å². The molecule has 1 aliphatic rings. The van der Waals surface area contributed by atoms with Gasteiger partial charge in [-0.2, -0.15) is 4.98 Å². The van der Waals surface area contributed by atoms with Crippen molar-refractivity contribution < 1.29 is 23.2 Å². The molecule has 4 rings (SSSR count). The van der Waals surface area contributed by atoms with Crippen LogP contribution < -0.4 is 4.74 Å². The fourth-order valence-corrected chi connectivity index (χ4v) is 3.68. The summed E-state index contributed by atoms with van der Waals surface area (Å²) < 4.78 is 23.5. The zero-order valence-corrected chi connectivity index (χ0v) is 18.4. The quantitative estimate of drug-likeness (QED) is 0.548. The maximum Gasteiger partial charge on any atom is 0.227 e. The fourth-order valence-electron chi connectivity index (χ4n) is 3.68. The van der Waals surface area contributed by atoms with Crippen molar-refractivity contribution in [3.8, 4) is 17.1 Å². The number of rotatable bonds is 7. The standard InChI is InChI=1S/C24H25FN4O4/c1-32-20-8-4-18(5-9-20)24-26-21(33-27-24)10-11-22(30)28-12-14-29(15-13-28)23(31)16-17-2-6-19(25)7-3-17/h2-9H,10-16H2,1H3. The second-order valence-corrected chi connectivity index (χ2v) is 7.81. The molecule has 172 valence electrons. The first kappa shape index (κ1) is 22.4. The number of carbonyl (C=O) groups is 2. The molecule has 0 spiro atoms. The van der Waals surface area contributed by atoms with Gasteiger partial charge < -0.3 is 19.1 Å². The third kappa shape index (κ3) is 5.74. The van der Waals surface area contributed by atoms with Crippen molar-refractivity contribution in [3.05, 3.63) is 65.8 Å². The van der Waals surface area contributed by atoms with Gasteiger partial charge in [0.25, 0.3) is 0 Å². The van der Waals surface area contributed by atoms with Gasteiger partial charge in [-0.3, -0.25) is 9.59 Å². The van der Waals surface area contributed by atoms with Crippen LogP contribution in [-0.2, 0) is 22.4 Å². The lowest BCUT2D eigenvalue weighted by molar-refractivity contribution is -0.139. The highest BCUT2D eigenvalue weighted by Gasteiger charge is 2.24. The normalized spacial score (nSPS) is 13.8. The van der Waals surface area contributed by atoms with E-state index in [0.29, 0.717) is 44.3 Å². The zero-order chi connectivity index (χ0) is 23.2. The zero-order valence-electron chi connectivity index (χ0n) is 18.4. The van der Waals surface area contributed by atoms with Gasteiger partial charge in [-0.1, -0.05) is 17.3 Å². The molecule has 0 N–H and O–H groups in total. The van der Waals surface area contributed by atoms with E-state index >= 15 is 0 Å². The molecule has 2 amide bonds. The van der Waals surface area contributed by atoms with E-state index in [0.717, 1.165) is 16.9 Å². The van der Waals surface area contributed by atoms with E-state index in [9.17, 15) is 14.0 Å². The molecule has 9 heteroatoms. The number of amides is 2. The van der Waals surface area contributed by atoms with Gasteiger partial charge in [0.15, 0.2) is 0 Å². The van der Waals surface area contributed by atoms with Gasteiger partial charge in [0, 0.05) is 44.6 Å². The van der Waals surface area contributed by atoms with Crippen molar-refractivity contribution in [2.75, 3.05) is 33.3 Å². The summed E-state index contributed by atoms with van der Waals surface area (Å²) in [5, 5.41) is 3.98. The summed E-state index contributed by atoms with van der Waals surface area (Å²) in [7, 11) is 1.60. The van der Waals surface area contributed by atoms with Crippen LogP contribution in [0.5, 0.6) is 5.75 Å². The Hall–Kier alpha value is -3.75. The molecule has 1 aliphatic heterocycles. The highest BCUT2D eigenvalue weighted by Crippen LogP contribution is 2.20. The molecular weight excluding hydrogens is 427 g/mol. The highest BCUT2D eigenvalue weighted by atomic mass is 19.1. The average Bonchev–Trinajstić information content (AvgIpc) is 3.33. The van der Waals surface area contributed by atoms with Gasteiger partial charge in [-0.15, -0.1) is 0 Å². The Labute approximate surface area is 190 Å². The summed E-state index contributed by atoms with van der Waals surface area (Å²) >= 11 is 0. The maximum atomic E-state index is 13.0.